The van der Waals surface area contributed by atoms with Gasteiger partial charge in [-0.2, -0.15) is 0 Å². The second-order valence-electron chi connectivity index (χ2n) is 7.24. The molecule has 27 heavy (non-hydrogen) atoms. The number of carbonyl (C=O) groups excluding carboxylic acids is 4. The third-order valence-electron chi connectivity index (χ3n) is 5.64. The number of likely N-dealkylation sites (tertiary alicyclic amines) is 1. The van der Waals surface area contributed by atoms with Gasteiger partial charge >= 0.3 is 5.97 Å². The fraction of sp³-hybridized carbons (Fsp3) is 0.400. The zero-order chi connectivity index (χ0) is 19.1. The number of ether oxygens (including phenoxy) is 1. The first kappa shape index (κ1) is 17.5. The molecule has 7 heteroatoms. The number of nitrogens with one attached hydrogen (secondary N) is 1. The van der Waals surface area contributed by atoms with E-state index in [1.165, 1.54) is 6.92 Å². The van der Waals surface area contributed by atoms with Crippen LogP contribution < -0.4 is 5.32 Å². The highest BCUT2D eigenvalue weighted by Crippen LogP contribution is 2.52. The van der Waals surface area contributed by atoms with Gasteiger partial charge < -0.3 is 10.1 Å². The smallest absolute Gasteiger partial charge is 0.329 e. The molecule has 140 valence electrons. The van der Waals surface area contributed by atoms with Crippen LogP contribution in [0.25, 0.3) is 0 Å². The third-order valence-corrected chi connectivity index (χ3v) is 5.64. The van der Waals surface area contributed by atoms with Crippen molar-refractivity contribution in [2.45, 2.75) is 19.4 Å². The van der Waals surface area contributed by atoms with Crippen molar-refractivity contribution in [3.05, 3.63) is 42.5 Å². The van der Waals surface area contributed by atoms with Gasteiger partial charge in [-0.1, -0.05) is 30.4 Å². The first-order valence-electron chi connectivity index (χ1n) is 9.04. The average Bonchev–Trinajstić information content (AvgIpc) is 3.34. The summed E-state index contributed by atoms with van der Waals surface area (Å²) >= 11 is 0. The van der Waals surface area contributed by atoms with Gasteiger partial charge in [0.15, 0.2) is 6.61 Å². The van der Waals surface area contributed by atoms with Crippen LogP contribution in [0.4, 0.5) is 5.69 Å². The van der Waals surface area contributed by atoms with Crippen LogP contribution in [0.2, 0.25) is 0 Å². The van der Waals surface area contributed by atoms with Crippen molar-refractivity contribution in [3.8, 4) is 0 Å². The number of fused-ring (bicyclic) bond motifs is 5. The second kappa shape index (κ2) is 6.64. The van der Waals surface area contributed by atoms with E-state index in [0.717, 1.165) is 11.3 Å². The van der Waals surface area contributed by atoms with Crippen LogP contribution in [0.1, 0.15) is 13.3 Å². The number of nitrogens with zero attached hydrogens (tertiary/aromatic N) is 1. The molecule has 5 atom stereocenters. The van der Waals surface area contributed by atoms with E-state index >= 15 is 0 Å². The Labute approximate surface area is 156 Å². The van der Waals surface area contributed by atoms with Crippen LogP contribution in [0.15, 0.2) is 42.5 Å². The van der Waals surface area contributed by atoms with Crippen molar-refractivity contribution in [1.29, 1.82) is 0 Å². The largest absolute Gasteiger partial charge is 0.454 e. The molecule has 0 radical (unpaired) electrons. The molecule has 2 bridgehead atoms. The summed E-state index contributed by atoms with van der Waals surface area (Å²) in [6.45, 7) is 0.984. The zero-order valence-electron chi connectivity index (χ0n) is 14.8. The van der Waals surface area contributed by atoms with Gasteiger partial charge in [-0.3, -0.25) is 19.3 Å². The molecule has 0 aromatic heterocycles. The molecule has 4 rings (SSSR count). The molecule has 1 heterocycles. The number of esters is 1. The van der Waals surface area contributed by atoms with E-state index in [9.17, 15) is 19.2 Å². The molecule has 1 N–H and O–H groups in total. The number of amides is 3. The molecule has 1 aromatic carbocycles. The van der Waals surface area contributed by atoms with E-state index < -0.39 is 24.5 Å². The minimum Gasteiger partial charge on any atom is -0.454 e. The van der Waals surface area contributed by atoms with Gasteiger partial charge in [0.2, 0.25) is 11.8 Å². The quantitative estimate of drug-likeness (QED) is 0.481. The lowest BCUT2D eigenvalue weighted by Crippen LogP contribution is -2.45. The summed E-state index contributed by atoms with van der Waals surface area (Å²) in [4.78, 5) is 50.6. The van der Waals surface area contributed by atoms with Crippen molar-refractivity contribution in [3.63, 3.8) is 0 Å². The maximum Gasteiger partial charge on any atom is 0.329 e. The Balaban J connectivity index is 1.35. The lowest BCUT2D eigenvalue weighted by atomic mass is 9.85. The van der Waals surface area contributed by atoms with Gasteiger partial charge in [-0.25, -0.2) is 4.79 Å². The summed E-state index contributed by atoms with van der Waals surface area (Å²) in [5.41, 5.74) is 0.590. The Hall–Kier alpha value is -2.96. The third kappa shape index (κ3) is 2.93. The Bertz CT molecular complexity index is 804. The zero-order valence-corrected chi connectivity index (χ0v) is 14.8. The average molecular weight is 368 g/mol. The molecule has 1 saturated carbocycles. The maximum absolute atomic E-state index is 12.7. The number of para-hydroxylation sites is 1. The molecule has 1 aromatic rings. The molecule has 0 spiro atoms. The molecule has 0 unspecified atom stereocenters. The minimum atomic E-state index is -1.04. The van der Waals surface area contributed by atoms with E-state index in [4.69, 9.17) is 4.74 Å². The Morgan fingerprint density at radius 1 is 1.11 bits per heavy atom. The lowest BCUT2D eigenvalue weighted by molar-refractivity contribution is -0.159. The predicted molar refractivity (Wildman–Crippen MR) is 95.1 cm³/mol. The SMILES string of the molecule is C[C@H](C(=O)OCC(=O)Nc1ccccc1)N1C(=O)[C@H]2[C@H](C1=O)[C@H]1C=C[C@H]2C1. The lowest BCUT2D eigenvalue weighted by Gasteiger charge is -2.23. The van der Waals surface area contributed by atoms with Crippen LogP contribution >= 0.6 is 0 Å². The van der Waals surface area contributed by atoms with Crippen molar-refractivity contribution >= 4 is 29.4 Å². The highest BCUT2D eigenvalue weighted by Gasteiger charge is 2.60. The van der Waals surface area contributed by atoms with Crippen LogP contribution in [0, 0.1) is 23.7 Å². The maximum atomic E-state index is 12.7. The summed E-state index contributed by atoms with van der Waals surface area (Å²) in [5.74, 6) is -2.41. The molecular weight excluding hydrogens is 348 g/mol. The molecule has 2 aliphatic carbocycles. The van der Waals surface area contributed by atoms with Crippen LogP contribution in [0.5, 0.6) is 0 Å². The monoisotopic (exact) mass is 368 g/mol. The Morgan fingerprint density at radius 2 is 1.70 bits per heavy atom. The number of hydrogen-bond acceptors (Lipinski definition) is 5. The standard InChI is InChI=1S/C20H20N2O5/c1-11(20(26)27-10-15(23)21-14-5-3-2-4-6-14)22-18(24)16-12-7-8-13(9-12)17(16)19(22)25/h2-8,11-13,16-17H,9-10H2,1H3,(H,21,23)/t11-,12+,13+,16-,17-/m1/s1. The molecule has 1 saturated heterocycles. The number of carbonyl (C=O) groups is 4. The van der Waals surface area contributed by atoms with Crippen molar-refractivity contribution in [2.24, 2.45) is 23.7 Å². The molecule has 2 fully saturated rings. The predicted octanol–water partition coefficient (Wildman–Crippen LogP) is 1.36. The number of hydrogen-bond donors (Lipinski definition) is 1. The topological polar surface area (TPSA) is 92.8 Å². The van der Waals surface area contributed by atoms with Gasteiger partial charge in [-0.05, 0) is 37.3 Å². The molecule has 7 nitrogen and oxygen atoms in total. The highest BCUT2D eigenvalue weighted by molar-refractivity contribution is 6.09. The molecule has 3 amide bonds. The van der Waals surface area contributed by atoms with Crippen LogP contribution in [-0.4, -0.2) is 41.2 Å². The van der Waals surface area contributed by atoms with Crippen molar-refractivity contribution < 1.29 is 23.9 Å². The normalized spacial score (nSPS) is 29.0. The van der Waals surface area contributed by atoms with E-state index in [1.807, 2.05) is 18.2 Å². The summed E-state index contributed by atoms with van der Waals surface area (Å²) in [5, 5.41) is 2.60. The Kier molecular flexibility index (Phi) is 4.30. The molecule has 3 aliphatic rings. The first-order chi connectivity index (χ1) is 13.0. The summed E-state index contributed by atoms with van der Waals surface area (Å²) in [7, 11) is 0. The fourth-order valence-electron chi connectivity index (χ4n) is 4.39. The number of imide groups is 1. The van der Waals surface area contributed by atoms with Crippen molar-refractivity contribution in [1.82, 2.24) is 4.90 Å². The summed E-state index contributed by atoms with van der Waals surface area (Å²) in [6, 6.07) is 7.74. The van der Waals surface area contributed by atoms with Gasteiger partial charge in [0.05, 0.1) is 11.8 Å². The first-order valence-corrected chi connectivity index (χ1v) is 9.04. The van der Waals surface area contributed by atoms with Crippen LogP contribution in [0.3, 0.4) is 0 Å². The Morgan fingerprint density at radius 3 is 2.30 bits per heavy atom. The number of benzene rings is 1. The van der Waals surface area contributed by atoms with E-state index in [0.29, 0.717) is 5.69 Å². The number of anilines is 1. The van der Waals surface area contributed by atoms with Gasteiger partial charge in [-0.15, -0.1) is 0 Å². The number of allylic oxidation sites excluding steroid dienone is 2. The van der Waals surface area contributed by atoms with Gasteiger partial charge in [0.1, 0.15) is 6.04 Å². The summed E-state index contributed by atoms with van der Waals surface area (Å²) in [6.07, 6.45) is 4.83. The highest BCUT2D eigenvalue weighted by atomic mass is 16.5. The van der Waals surface area contributed by atoms with E-state index in [1.54, 1.807) is 24.3 Å². The summed E-state index contributed by atoms with van der Waals surface area (Å²) < 4.78 is 5.03. The minimum absolute atomic E-state index is 0.0846. The van der Waals surface area contributed by atoms with Gasteiger partial charge in [0, 0.05) is 5.69 Å². The molecular formula is C20H20N2O5. The van der Waals surface area contributed by atoms with E-state index in [2.05, 4.69) is 5.32 Å². The van der Waals surface area contributed by atoms with Crippen molar-refractivity contribution in [2.75, 3.05) is 11.9 Å². The van der Waals surface area contributed by atoms with Crippen LogP contribution in [-0.2, 0) is 23.9 Å². The van der Waals surface area contributed by atoms with E-state index in [-0.39, 0.29) is 35.5 Å². The van der Waals surface area contributed by atoms with Gasteiger partial charge in [0.25, 0.3) is 5.91 Å². The fourth-order valence-corrected chi connectivity index (χ4v) is 4.39. The molecule has 1 aliphatic heterocycles. The number of rotatable bonds is 5. The second-order valence-corrected chi connectivity index (χ2v) is 7.24.